The Balaban J connectivity index is 9.07. The molecule has 0 aromatic carbocycles. The quantitative estimate of drug-likeness (QED) is 0.141. The highest BCUT2D eigenvalue weighted by atomic mass is 31.2. The summed E-state index contributed by atoms with van der Waals surface area (Å²) < 4.78 is 32.7. The van der Waals surface area contributed by atoms with Gasteiger partial charge in [-0.25, -0.2) is 9.26 Å². The summed E-state index contributed by atoms with van der Waals surface area (Å²) in [6.45, 7) is 13.6. The SMILES string of the molecule is CNCP(CNC)(CNC)=NP(=NC(C)(C)CC(C)(C)C)(N=P(C)(N(C)C)N(C)C)N=P(CNC)(N(C)C)N(C)C. The number of rotatable bonds is 17. The standard InChI is InChI=1S/C25H68N12P4/c1-24(2,3)19-25(4,5)30-41(31-38(18,34(10)11)35(12)13,32-39(20-26-6,21-27-7)22-28-8)33-40(23-29-9,36(14)15)37(16)17/h26-29H,19-23H2,1-18H3. The smallest absolute Gasteiger partial charge is 0.301 e. The van der Waals surface area contributed by atoms with Crippen molar-refractivity contribution in [2.75, 3.05) is 116 Å². The monoisotopic (exact) mass is 660 g/mol. The second kappa shape index (κ2) is 16.8. The molecule has 0 fully saturated rings. The summed E-state index contributed by atoms with van der Waals surface area (Å²) in [6, 6.07) is 0. The third kappa shape index (κ3) is 12.1. The molecule has 0 aromatic heterocycles. The van der Waals surface area contributed by atoms with Crippen molar-refractivity contribution in [2.24, 2.45) is 23.7 Å². The molecule has 16 heteroatoms. The Labute approximate surface area is 255 Å². The highest BCUT2D eigenvalue weighted by Gasteiger charge is 2.38. The van der Waals surface area contributed by atoms with Crippen molar-refractivity contribution in [3.63, 3.8) is 0 Å². The molecule has 0 aromatic rings. The molecule has 0 rings (SSSR count). The van der Waals surface area contributed by atoms with Crippen LogP contribution in [-0.4, -0.2) is 141 Å². The van der Waals surface area contributed by atoms with Gasteiger partial charge in [0.25, 0.3) is 0 Å². The highest BCUT2D eigenvalue weighted by Crippen LogP contribution is 2.76. The van der Waals surface area contributed by atoms with E-state index in [4.69, 9.17) is 18.3 Å². The Hall–Kier alpha value is 0.600. The van der Waals surface area contributed by atoms with Crippen LogP contribution in [0, 0.1) is 5.41 Å². The number of hydrogen-bond acceptors (Lipinski definition) is 5. The van der Waals surface area contributed by atoms with E-state index in [9.17, 15) is 0 Å². The summed E-state index contributed by atoms with van der Waals surface area (Å²) in [7, 11) is 15.4. The van der Waals surface area contributed by atoms with Crippen LogP contribution in [0.15, 0.2) is 18.3 Å². The number of nitrogens with zero attached hydrogens (tertiary/aromatic N) is 8. The second-order valence-electron chi connectivity index (χ2n) is 13.5. The van der Waals surface area contributed by atoms with Gasteiger partial charge in [-0.3, -0.25) is 18.7 Å². The van der Waals surface area contributed by atoms with Gasteiger partial charge < -0.3 is 21.3 Å². The van der Waals surface area contributed by atoms with Crippen LogP contribution in [0.5, 0.6) is 0 Å². The normalized spacial score (nSPS) is 15.6. The minimum absolute atomic E-state index is 0.0810. The van der Waals surface area contributed by atoms with E-state index < -0.39 is 34.8 Å². The molecule has 1 atom stereocenters. The second-order valence-corrected chi connectivity index (χ2v) is 26.7. The first-order valence-corrected chi connectivity index (χ1v) is 22.2. The van der Waals surface area contributed by atoms with E-state index in [2.05, 4.69) is 138 Å². The molecule has 0 bridgehead atoms. The van der Waals surface area contributed by atoms with Crippen molar-refractivity contribution in [1.29, 1.82) is 0 Å². The Morgan fingerprint density at radius 2 is 0.951 bits per heavy atom. The average molecular weight is 661 g/mol. The topological polar surface area (TPSA) is 111 Å². The summed E-state index contributed by atoms with van der Waals surface area (Å²) in [5.74, 6) is 0. The molecule has 41 heavy (non-hydrogen) atoms. The van der Waals surface area contributed by atoms with Gasteiger partial charge in [0.15, 0.2) is 0 Å². The van der Waals surface area contributed by atoms with Crippen molar-refractivity contribution in [3.05, 3.63) is 0 Å². The van der Waals surface area contributed by atoms with Crippen LogP contribution in [0.25, 0.3) is 0 Å². The molecule has 0 amide bonds. The molecule has 0 aliphatic heterocycles. The zero-order valence-corrected chi connectivity index (χ0v) is 33.5. The maximum Gasteiger partial charge on any atom is 0.301 e. The van der Waals surface area contributed by atoms with Crippen molar-refractivity contribution in [3.8, 4) is 0 Å². The molecule has 0 aliphatic carbocycles. The van der Waals surface area contributed by atoms with E-state index in [1.165, 1.54) is 0 Å². The van der Waals surface area contributed by atoms with E-state index in [1.54, 1.807) is 0 Å². The molecule has 248 valence electrons. The first-order chi connectivity index (χ1) is 18.6. The largest absolute Gasteiger partial charge is 0.314 e. The number of nitrogens with one attached hydrogen (secondary N) is 4. The van der Waals surface area contributed by atoms with Gasteiger partial charge in [-0.1, -0.05) is 20.8 Å². The van der Waals surface area contributed by atoms with E-state index in [1.807, 2.05) is 28.2 Å². The first kappa shape index (κ1) is 41.6. The van der Waals surface area contributed by atoms with Crippen LogP contribution < -0.4 is 21.3 Å². The predicted octanol–water partition coefficient (Wildman–Crippen LogP) is 5.99. The van der Waals surface area contributed by atoms with E-state index >= 15 is 0 Å². The fourth-order valence-electron chi connectivity index (χ4n) is 5.19. The Kier molecular flexibility index (Phi) is 17.0. The molecule has 0 spiro atoms. The van der Waals surface area contributed by atoms with E-state index in [0.717, 1.165) is 25.3 Å². The van der Waals surface area contributed by atoms with Gasteiger partial charge in [-0.15, -0.1) is 0 Å². The Bertz CT molecular complexity index is 978. The molecule has 12 nitrogen and oxygen atoms in total. The van der Waals surface area contributed by atoms with Crippen molar-refractivity contribution < 1.29 is 0 Å². The zero-order valence-electron chi connectivity index (χ0n) is 29.9. The van der Waals surface area contributed by atoms with Gasteiger partial charge in [0.1, 0.15) is 14.7 Å². The molecule has 0 aliphatic rings. The van der Waals surface area contributed by atoms with Gasteiger partial charge in [-0.05, 0) is 117 Å². The van der Waals surface area contributed by atoms with E-state index in [-0.39, 0.29) is 5.41 Å². The van der Waals surface area contributed by atoms with Gasteiger partial charge in [-0.2, -0.15) is 9.03 Å². The molecule has 1 unspecified atom stereocenters. The van der Waals surface area contributed by atoms with Crippen LogP contribution in [-0.2, 0) is 0 Å². The maximum atomic E-state index is 5.96. The summed E-state index contributed by atoms with van der Waals surface area (Å²) in [4.78, 5) is 0. The molecule has 0 saturated carbocycles. The van der Waals surface area contributed by atoms with Crippen LogP contribution in [0.4, 0.5) is 0 Å². The van der Waals surface area contributed by atoms with Crippen molar-refractivity contribution in [2.45, 2.75) is 46.6 Å². The minimum Gasteiger partial charge on any atom is -0.314 e. The molecule has 0 saturated heterocycles. The summed E-state index contributed by atoms with van der Waals surface area (Å²) in [6.07, 6.45) is 3.94. The summed E-state index contributed by atoms with van der Waals surface area (Å²) >= 11 is 0. The lowest BCUT2D eigenvalue weighted by atomic mass is 9.82. The van der Waals surface area contributed by atoms with Crippen LogP contribution in [0.3, 0.4) is 0 Å². The minimum atomic E-state index is -3.08. The van der Waals surface area contributed by atoms with Gasteiger partial charge >= 0.3 is 7.51 Å². The Morgan fingerprint density at radius 3 is 1.24 bits per heavy atom. The van der Waals surface area contributed by atoms with Gasteiger partial charge in [0.05, 0.1) is 11.8 Å². The van der Waals surface area contributed by atoms with E-state index in [0.29, 0.717) is 6.29 Å². The predicted molar refractivity (Wildman–Crippen MR) is 192 cm³/mol. The fraction of sp³-hybridized carbons (Fsp3) is 1.00. The lowest BCUT2D eigenvalue weighted by molar-refractivity contribution is 0.290. The van der Waals surface area contributed by atoms with Crippen LogP contribution >= 0.6 is 29.3 Å². The van der Waals surface area contributed by atoms with Crippen molar-refractivity contribution >= 4 is 29.3 Å². The summed E-state index contributed by atoms with van der Waals surface area (Å²) in [5, 5.41) is 13.9. The van der Waals surface area contributed by atoms with Gasteiger partial charge in [0.2, 0.25) is 0 Å². The lowest BCUT2D eigenvalue weighted by Gasteiger charge is -2.41. The fourth-order valence-corrected chi connectivity index (χ4v) is 21.4. The zero-order chi connectivity index (χ0) is 32.5. The van der Waals surface area contributed by atoms with Gasteiger partial charge in [0, 0.05) is 25.9 Å². The molecule has 0 heterocycles. The van der Waals surface area contributed by atoms with Crippen LogP contribution in [0.1, 0.15) is 41.0 Å². The molecular weight excluding hydrogens is 592 g/mol. The summed E-state index contributed by atoms with van der Waals surface area (Å²) in [5.41, 5.74) is -0.313. The van der Waals surface area contributed by atoms with Crippen molar-refractivity contribution in [1.82, 2.24) is 39.9 Å². The third-order valence-electron chi connectivity index (χ3n) is 6.75. The van der Waals surface area contributed by atoms with Crippen LogP contribution in [0.2, 0.25) is 0 Å². The molecular formula is C25H68N12P4. The third-order valence-corrected chi connectivity index (χ3v) is 23.5. The highest BCUT2D eigenvalue weighted by molar-refractivity contribution is 7.82. The molecule has 4 N–H and O–H groups in total. The Morgan fingerprint density at radius 1 is 0.561 bits per heavy atom. The maximum absolute atomic E-state index is 5.96. The lowest BCUT2D eigenvalue weighted by Crippen LogP contribution is -2.28. The average Bonchev–Trinajstić information content (AvgIpc) is 2.76. The first-order valence-electron chi connectivity index (χ1n) is 14.3. The number of hydrogen-bond donors (Lipinski definition) is 4. The molecule has 0 radical (unpaired) electrons.